The molecule has 0 aliphatic carbocycles. The number of benzene rings is 1. The van der Waals surface area contributed by atoms with Gasteiger partial charge in [-0.05, 0) is 36.4 Å². The maximum atomic E-state index is 12.2. The summed E-state index contributed by atoms with van der Waals surface area (Å²) in [4.78, 5) is 16.7. The zero-order valence-corrected chi connectivity index (χ0v) is 16.3. The highest BCUT2D eigenvalue weighted by molar-refractivity contribution is 9.10. The van der Waals surface area contributed by atoms with E-state index in [4.69, 9.17) is 0 Å². The van der Waals surface area contributed by atoms with Crippen LogP contribution in [0, 0.1) is 0 Å². The molecule has 5 nitrogen and oxygen atoms in total. The predicted molar refractivity (Wildman–Crippen MR) is 108 cm³/mol. The second-order valence-electron chi connectivity index (χ2n) is 5.95. The largest absolute Gasteiger partial charge is 0.354 e. The Morgan fingerprint density at radius 3 is 2.88 bits per heavy atom. The van der Waals surface area contributed by atoms with Gasteiger partial charge < -0.3 is 14.5 Å². The third-order valence-electron chi connectivity index (χ3n) is 4.11. The lowest BCUT2D eigenvalue weighted by Crippen LogP contribution is -2.28. The summed E-state index contributed by atoms with van der Waals surface area (Å²) in [5, 5.41) is 6.98. The minimum atomic E-state index is -0.00596. The number of rotatable bonds is 6. The summed E-state index contributed by atoms with van der Waals surface area (Å²) in [6.45, 7) is 1.33. The molecular formula is C19H17BrN4OS. The third kappa shape index (κ3) is 3.73. The minimum Gasteiger partial charge on any atom is -0.354 e. The Morgan fingerprint density at radius 1 is 1.19 bits per heavy atom. The summed E-state index contributed by atoms with van der Waals surface area (Å²) >= 11 is 5.02. The number of aromatic nitrogens is 3. The number of hydrogen-bond donors (Lipinski definition) is 1. The number of fused-ring (bicyclic) bond motifs is 1. The van der Waals surface area contributed by atoms with Gasteiger partial charge in [-0.1, -0.05) is 15.9 Å². The second-order valence-corrected chi connectivity index (χ2v) is 7.70. The molecule has 0 saturated heterocycles. The lowest BCUT2D eigenvalue weighted by Gasteiger charge is -2.07. The first-order valence-corrected chi connectivity index (χ1v) is 9.95. The van der Waals surface area contributed by atoms with Crippen molar-refractivity contribution in [2.75, 3.05) is 6.54 Å². The molecule has 0 radical (unpaired) electrons. The first-order valence-electron chi connectivity index (χ1n) is 8.28. The standard InChI is InChI=1S/C19H17BrN4OS/c20-15-3-4-17-14(11-15)5-9-23(17)10-6-21-18(25)12-16-13-26-19(22-16)24-7-1-2-8-24/h1-5,7-9,11,13H,6,10,12H2,(H,21,25). The van der Waals surface area contributed by atoms with Crippen molar-refractivity contribution in [1.82, 2.24) is 19.4 Å². The lowest BCUT2D eigenvalue weighted by molar-refractivity contribution is -0.120. The van der Waals surface area contributed by atoms with Gasteiger partial charge in [0.15, 0.2) is 5.13 Å². The van der Waals surface area contributed by atoms with Crippen LogP contribution in [0.15, 0.2) is 64.8 Å². The van der Waals surface area contributed by atoms with Gasteiger partial charge in [0.05, 0.1) is 12.1 Å². The van der Waals surface area contributed by atoms with E-state index >= 15 is 0 Å². The van der Waals surface area contributed by atoms with Crippen LogP contribution in [0.5, 0.6) is 0 Å². The van der Waals surface area contributed by atoms with E-state index < -0.39 is 0 Å². The van der Waals surface area contributed by atoms with Crippen LogP contribution in [0.2, 0.25) is 0 Å². The number of nitrogens with one attached hydrogen (secondary N) is 1. The molecule has 26 heavy (non-hydrogen) atoms. The van der Waals surface area contributed by atoms with Gasteiger partial charge in [-0.15, -0.1) is 11.3 Å². The van der Waals surface area contributed by atoms with Crippen LogP contribution in [-0.2, 0) is 17.8 Å². The van der Waals surface area contributed by atoms with Crippen LogP contribution in [0.4, 0.5) is 0 Å². The molecule has 3 aromatic heterocycles. The van der Waals surface area contributed by atoms with Gasteiger partial charge in [-0.3, -0.25) is 4.79 Å². The van der Waals surface area contributed by atoms with Crippen molar-refractivity contribution in [2.45, 2.75) is 13.0 Å². The van der Waals surface area contributed by atoms with E-state index in [1.807, 2.05) is 46.7 Å². The molecular weight excluding hydrogens is 412 g/mol. The highest BCUT2D eigenvalue weighted by atomic mass is 79.9. The van der Waals surface area contributed by atoms with E-state index in [1.165, 1.54) is 22.2 Å². The van der Waals surface area contributed by atoms with Gasteiger partial charge in [0.2, 0.25) is 5.91 Å². The third-order valence-corrected chi connectivity index (χ3v) is 5.51. The van der Waals surface area contributed by atoms with Crippen molar-refractivity contribution in [3.63, 3.8) is 0 Å². The van der Waals surface area contributed by atoms with Crippen LogP contribution in [-0.4, -0.2) is 26.6 Å². The summed E-state index contributed by atoms with van der Waals surface area (Å²) in [5.41, 5.74) is 1.96. The Morgan fingerprint density at radius 2 is 2.04 bits per heavy atom. The van der Waals surface area contributed by atoms with Crippen molar-refractivity contribution >= 4 is 44.1 Å². The van der Waals surface area contributed by atoms with E-state index in [0.717, 1.165) is 21.8 Å². The first kappa shape index (κ1) is 17.1. The molecule has 4 rings (SSSR count). The van der Waals surface area contributed by atoms with Crippen LogP contribution >= 0.6 is 27.3 Å². The van der Waals surface area contributed by atoms with E-state index in [-0.39, 0.29) is 5.91 Å². The monoisotopic (exact) mass is 428 g/mol. The highest BCUT2D eigenvalue weighted by Gasteiger charge is 2.09. The molecule has 0 spiro atoms. The fourth-order valence-corrected chi connectivity index (χ4v) is 4.04. The Bertz CT molecular complexity index is 1040. The number of thiazole rings is 1. The smallest absolute Gasteiger partial charge is 0.226 e. The van der Waals surface area contributed by atoms with Gasteiger partial charge in [0.1, 0.15) is 0 Å². The second kappa shape index (κ2) is 7.47. The molecule has 7 heteroatoms. The van der Waals surface area contributed by atoms with Gasteiger partial charge in [0, 0.05) is 52.4 Å². The molecule has 4 aromatic rings. The fraction of sp³-hybridized carbons (Fsp3) is 0.158. The van der Waals surface area contributed by atoms with Crippen molar-refractivity contribution in [3.8, 4) is 5.13 Å². The lowest BCUT2D eigenvalue weighted by atomic mass is 10.2. The number of nitrogens with zero attached hydrogens (tertiary/aromatic N) is 3. The Balaban J connectivity index is 1.31. The zero-order chi connectivity index (χ0) is 17.9. The summed E-state index contributed by atoms with van der Waals surface area (Å²) in [7, 11) is 0. The Hall–Kier alpha value is -2.38. The number of carbonyl (C=O) groups is 1. The van der Waals surface area contributed by atoms with E-state index in [9.17, 15) is 4.79 Å². The molecule has 0 atom stereocenters. The quantitative estimate of drug-likeness (QED) is 0.504. The molecule has 1 amide bonds. The highest BCUT2D eigenvalue weighted by Crippen LogP contribution is 2.20. The molecule has 0 aliphatic rings. The first-order chi connectivity index (χ1) is 12.7. The molecule has 0 unspecified atom stereocenters. The van der Waals surface area contributed by atoms with Gasteiger partial charge >= 0.3 is 0 Å². The van der Waals surface area contributed by atoms with Crippen molar-refractivity contribution in [3.05, 3.63) is 70.5 Å². The van der Waals surface area contributed by atoms with Crippen LogP contribution in [0.25, 0.3) is 16.0 Å². The minimum absolute atomic E-state index is 0.00596. The summed E-state index contributed by atoms with van der Waals surface area (Å²) in [6.07, 6.45) is 6.25. The van der Waals surface area contributed by atoms with Crippen molar-refractivity contribution in [1.29, 1.82) is 0 Å². The van der Waals surface area contributed by atoms with Gasteiger partial charge in [-0.25, -0.2) is 4.98 Å². The van der Waals surface area contributed by atoms with Crippen LogP contribution in [0.3, 0.4) is 0 Å². The number of amides is 1. The maximum Gasteiger partial charge on any atom is 0.226 e. The van der Waals surface area contributed by atoms with E-state index in [0.29, 0.717) is 13.0 Å². The Kier molecular flexibility index (Phi) is 4.90. The molecule has 0 bridgehead atoms. The van der Waals surface area contributed by atoms with Crippen LogP contribution in [0.1, 0.15) is 5.69 Å². The zero-order valence-electron chi connectivity index (χ0n) is 13.9. The molecule has 3 heterocycles. The molecule has 1 aromatic carbocycles. The maximum absolute atomic E-state index is 12.2. The van der Waals surface area contributed by atoms with Gasteiger partial charge in [-0.2, -0.15) is 0 Å². The average molecular weight is 429 g/mol. The molecule has 0 fully saturated rings. The van der Waals surface area contributed by atoms with Gasteiger partial charge in [0.25, 0.3) is 0 Å². The fourth-order valence-electron chi connectivity index (χ4n) is 2.87. The van der Waals surface area contributed by atoms with E-state index in [1.54, 1.807) is 0 Å². The number of halogens is 1. The summed E-state index contributed by atoms with van der Waals surface area (Å²) in [5.74, 6) is -0.00596. The van der Waals surface area contributed by atoms with Crippen molar-refractivity contribution < 1.29 is 4.79 Å². The molecule has 1 N–H and O–H groups in total. The number of carbonyl (C=O) groups excluding carboxylic acids is 1. The number of hydrogen-bond acceptors (Lipinski definition) is 3. The average Bonchev–Trinajstić information content (AvgIpc) is 3.35. The van der Waals surface area contributed by atoms with E-state index in [2.05, 4.69) is 49.0 Å². The topological polar surface area (TPSA) is 51.9 Å². The molecule has 0 saturated carbocycles. The van der Waals surface area contributed by atoms with Crippen molar-refractivity contribution in [2.24, 2.45) is 0 Å². The molecule has 0 aliphatic heterocycles. The SMILES string of the molecule is O=C(Cc1csc(-n2cccc2)n1)NCCn1ccc2cc(Br)ccc21. The Labute approximate surface area is 163 Å². The predicted octanol–water partition coefficient (Wildman–Crippen LogP) is 4.01. The summed E-state index contributed by atoms with van der Waals surface area (Å²) in [6, 6.07) is 12.2. The summed E-state index contributed by atoms with van der Waals surface area (Å²) < 4.78 is 5.16. The normalized spacial score (nSPS) is 11.1. The van der Waals surface area contributed by atoms with Crippen LogP contribution < -0.4 is 5.32 Å². The molecule has 132 valence electrons.